The van der Waals surface area contributed by atoms with E-state index < -0.39 is 10.0 Å². The quantitative estimate of drug-likeness (QED) is 0.347. The molecule has 0 saturated heterocycles. The summed E-state index contributed by atoms with van der Waals surface area (Å²) in [4.78, 5) is 4.78. The number of rotatable bonds is 9. The number of ether oxygens (including phenoxy) is 1. The zero-order valence-corrected chi connectivity index (χ0v) is 15.0. The summed E-state index contributed by atoms with van der Waals surface area (Å²) in [5, 5.41) is 6.32. The zero-order valence-electron chi connectivity index (χ0n) is 14.2. The molecule has 0 spiro atoms. The Kier molecular flexibility index (Phi) is 7.01. The van der Waals surface area contributed by atoms with E-state index in [1.165, 1.54) is 0 Å². The Hall–Kier alpha value is -1.64. The lowest BCUT2D eigenvalue weighted by atomic mass is 10.2. The van der Waals surface area contributed by atoms with Crippen LogP contribution in [0.3, 0.4) is 0 Å². The molecule has 1 aromatic rings. The summed E-state index contributed by atoms with van der Waals surface area (Å²) in [6, 6.07) is 6.95. The van der Waals surface area contributed by atoms with E-state index in [2.05, 4.69) is 20.3 Å². The van der Waals surface area contributed by atoms with E-state index in [1.54, 1.807) is 31.4 Å². The number of nitrogens with one attached hydrogen (secondary N) is 3. The maximum Gasteiger partial charge on any atom is 0.240 e. The highest BCUT2D eigenvalue weighted by Gasteiger charge is 2.27. The average molecular weight is 354 g/mol. The van der Waals surface area contributed by atoms with Crippen LogP contribution in [0.5, 0.6) is 0 Å². The summed E-state index contributed by atoms with van der Waals surface area (Å²) in [5.74, 6) is 0.710. The van der Waals surface area contributed by atoms with Crippen molar-refractivity contribution in [3.05, 3.63) is 29.8 Å². The van der Waals surface area contributed by atoms with Crippen LogP contribution in [-0.4, -0.2) is 47.2 Å². The van der Waals surface area contributed by atoms with Crippen molar-refractivity contribution in [2.75, 3.05) is 26.8 Å². The number of nitrogens with zero attached hydrogens (tertiary/aromatic N) is 1. The van der Waals surface area contributed by atoms with Crippen molar-refractivity contribution >= 4 is 16.0 Å². The first-order valence-electron chi connectivity index (χ1n) is 8.17. The first-order chi connectivity index (χ1) is 11.5. The van der Waals surface area contributed by atoms with E-state index in [0.29, 0.717) is 30.6 Å². The minimum Gasteiger partial charge on any atom is -0.383 e. The van der Waals surface area contributed by atoms with Gasteiger partial charge in [-0.05, 0) is 37.5 Å². The highest BCUT2D eigenvalue weighted by Crippen LogP contribution is 2.22. The molecule has 1 saturated carbocycles. The Balaban J connectivity index is 1.95. The Bertz CT molecular complexity index is 640. The van der Waals surface area contributed by atoms with Crippen molar-refractivity contribution in [1.82, 2.24) is 15.4 Å². The molecule has 134 valence electrons. The van der Waals surface area contributed by atoms with E-state index in [0.717, 1.165) is 24.9 Å². The molecule has 8 heteroatoms. The lowest BCUT2D eigenvalue weighted by Gasteiger charge is -2.11. The third-order valence-electron chi connectivity index (χ3n) is 3.50. The van der Waals surface area contributed by atoms with Crippen molar-refractivity contribution < 1.29 is 13.2 Å². The molecule has 0 amide bonds. The minimum absolute atomic E-state index is 0.111. The van der Waals surface area contributed by atoms with Crippen LogP contribution < -0.4 is 15.4 Å². The first-order valence-corrected chi connectivity index (χ1v) is 9.66. The topological polar surface area (TPSA) is 91.8 Å². The Morgan fingerprint density at radius 2 is 1.96 bits per heavy atom. The van der Waals surface area contributed by atoms with E-state index in [-0.39, 0.29) is 6.04 Å². The van der Waals surface area contributed by atoms with Gasteiger partial charge in [-0.3, -0.25) is 0 Å². The predicted molar refractivity (Wildman–Crippen MR) is 94.5 cm³/mol. The van der Waals surface area contributed by atoms with Gasteiger partial charge in [-0.1, -0.05) is 12.1 Å². The highest BCUT2D eigenvalue weighted by molar-refractivity contribution is 7.89. The summed E-state index contributed by atoms with van der Waals surface area (Å²) < 4.78 is 31.9. The fourth-order valence-corrected chi connectivity index (χ4v) is 3.35. The van der Waals surface area contributed by atoms with Crippen LogP contribution in [0.1, 0.15) is 25.3 Å². The maximum absolute atomic E-state index is 12.1. The van der Waals surface area contributed by atoms with Crippen LogP contribution in [0.4, 0.5) is 0 Å². The van der Waals surface area contributed by atoms with E-state index >= 15 is 0 Å². The molecule has 7 nitrogen and oxygen atoms in total. The van der Waals surface area contributed by atoms with Gasteiger partial charge in [0.05, 0.1) is 18.0 Å². The molecule has 0 heterocycles. The van der Waals surface area contributed by atoms with Crippen molar-refractivity contribution in [2.24, 2.45) is 4.99 Å². The molecular weight excluding hydrogens is 328 g/mol. The van der Waals surface area contributed by atoms with Crippen LogP contribution in [0.25, 0.3) is 0 Å². The lowest BCUT2D eigenvalue weighted by Crippen LogP contribution is -2.38. The fourth-order valence-electron chi connectivity index (χ4n) is 2.05. The number of methoxy groups -OCH3 is 1. The molecule has 0 atom stereocenters. The first kappa shape index (κ1) is 18.7. The second kappa shape index (κ2) is 9.00. The monoisotopic (exact) mass is 354 g/mol. The molecule has 0 radical (unpaired) electrons. The third kappa shape index (κ3) is 6.10. The number of hydrogen-bond acceptors (Lipinski definition) is 4. The minimum atomic E-state index is -3.39. The Labute approximate surface area is 143 Å². The molecule has 24 heavy (non-hydrogen) atoms. The summed E-state index contributed by atoms with van der Waals surface area (Å²) >= 11 is 0. The van der Waals surface area contributed by atoms with Gasteiger partial charge in [-0.25, -0.2) is 18.1 Å². The second-order valence-electron chi connectivity index (χ2n) is 5.65. The molecule has 0 unspecified atom stereocenters. The molecule has 0 aromatic heterocycles. The summed E-state index contributed by atoms with van der Waals surface area (Å²) in [6.07, 6.45) is 1.85. The molecule has 1 fully saturated rings. The molecular formula is C16H26N4O3S. The highest BCUT2D eigenvalue weighted by atomic mass is 32.2. The number of benzene rings is 1. The largest absolute Gasteiger partial charge is 0.383 e. The third-order valence-corrected chi connectivity index (χ3v) is 5.03. The van der Waals surface area contributed by atoms with Gasteiger partial charge < -0.3 is 15.4 Å². The molecule has 1 aromatic carbocycles. The van der Waals surface area contributed by atoms with Gasteiger partial charge in [-0.2, -0.15) is 0 Å². The van der Waals surface area contributed by atoms with Gasteiger partial charge in [0.15, 0.2) is 5.96 Å². The van der Waals surface area contributed by atoms with Crippen LogP contribution in [0.15, 0.2) is 34.2 Å². The van der Waals surface area contributed by atoms with Gasteiger partial charge in [0, 0.05) is 26.2 Å². The van der Waals surface area contributed by atoms with Crippen LogP contribution in [-0.2, 0) is 21.3 Å². The van der Waals surface area contributed by atoms with Crippen LogP contribution >= 0.6 is 0 Å². The number of guanidine groups is 1. The van der Waals surface area contributed by atoms with E-state index in [1.807, 2.05) is 6.92 Å². The molecule has 3 N–H and O–H groups in total. The van der Waals surface area contributed by atoms with E-state index in [9.17, 15) is 8.42 Å². The molecule has 2 rings (SSSR count). The molecule has 1 aliphatic carbocycles. The van der Waals surface area contributed by atoms with Gasteiger partial charge in [0.2, 0.25) is 10.0 Å². The molecule has 0 aliphatic heterocycles. The van der Waals surface area contributed by atoms with Crippen molar-refractivity contribution in [2.45, 2.75) is 37.2 Å². The van der Waals surface area contributed by atoms with Crippen molar-refractivity contribution in [3.8, 4) is 0 Å². The smallest absolute Gasteiger partial charge is 0.240 e. The summed E-state index contributed by atoms with van der Waals surface area (Å²) in [5.41, 5.74) is 0.948. The van der Waals surface area contributed by atoms with Crippen LogP contribution in [0.2, 0.25) is 0 Å². The summed E-state index contributed by atoms with van der Waals surface area (Å²) in [7, 11) is -1.74. The average Bonchev–Trinajstić information content (AvgIpc) is 3.36. The van der Waals surface area contributed by atoms with Gasteiger partial charge in [-0.15, -0.1) is 0 Å². The summed E-state index contributed by atoms with van der Waals surface area (Å²) in [6.45, 7) is 4.51. The van der Waals surface area contributed by atoms with Crippen molar-refractivity contribution in [3.63, 3.8) is 0 Å². The number of hydrogen-bond donors (Lipinski definition) is 3. The zero-order chi connectivity index (χ0) is 17.4. The van der Waals surface area contributed by atoms with Crippen molar-refractivity contribution in [1.29, 1.82) is 0 Å². The van der Waals surface area contributed by atoms with Crippen LogP contribution in [0, 0.1) is 0 Å². The maximum atomic E-state index is 12.1. The molecule has 1 aliphatic rings. The van der Waals surface area contributed by atoms with E-state index in [4.69, 9.17) is 4.74 Å². The van der Waals surface area contributed by atoms with Gasteiger partial charge >= 0.3 is 0 Å². The molecule has 0 bridgehead atoms. The van der Waals surface area contributed by atoms with Gasteiger partial charge in [0.1, 0.15) is 0 Å². The second-order valence-corrected chi connectivity index (χ2v) is 7.37. The fraction of sp³-hybridized carbons (Fsp3) is 0.562. The standard InChI is InChI=1S/C16H26N4O3S/c1-3-17-16(18-10-11-23-2)19-12-13-4-8-15(9-5-13)24(21,22)20-14-6-7-14/h4-5,8-9,14,20H,3,6-7,10-12H2,1-2H3,(H2,17,18,19). The number of sulfonamides is 1. The lowest BCUT2D eigenvalue weighted by molar-refractivity contribution is 0.203. The predicted octanol–water partition coefficient (Wildman–Crippen LogP) is 0.829. The normalized spacial score (nSPS) is 15.3. The SMILES string of the molecule is CCNC(=NCc1ccc(S(=O)(=O)NC2CC2)cc1)NCCOC. The Morgan fingerprint density at radius 3 is 2.54 bits per heavy atom. The van der Waals surface area contributed by atoms with Gasteiger partial charge in [0.25, 0.3) is 0 Å². The Morgan fingerprint density at radius 1 is 1.25 bits per heavy atom. The number of aliphatic imine (C=N–C) groups is 1.